The molecule has 20 heavy (non-hydrogen) atoms. The van der Waals surface area contributed by atoms with E-state index in [1.54, 1.807) is 7.11 Å². The summed E-state index contributed by atoms with van der Waals surface area (Å²) in [6.45, 7) is 11.7. The Bertz CT molecular complexity index is 229. The van der Waals surface area contributed by atoms with E-state index in [9.17, 15) is 0 Å². The highest BCUT2D eigenvalue weighted by molar-refractivity contribution is 4.78. The van der Waals surface area contributed by atoms with Crippen molar-refractivity contribution >= 4 is 0 Å². The van der Waals surface area contributed by atoms with Gasteiger partial charge >= 0.3 is 0 Å². The first-order valence-corrected chi connectivity index (χ1v) is 8.29. The molecule has 0 bridgehead atoms. The van der Waals surface area contributed by atoms with Crippen molar-refractivity contribution in [3.8, 4) is 0 Å². The van der Waals surface area contributed by atoms with Crippen molar-refractivity contribution in [2.45, 2.75) is 64.6 Å². The van der Waals surface area contributed by atoms with Crippen LogP contribution in [-0.4, -0.2) is 63.0 Å². The minimum absolute atomic E-state index is 0.433. The number of hydrogen-bond acceptors (Lipinski definition) is 4. The lowest BCUT2D eigenvalue weighted by atomic mass is 10.1. The molecule has 1 rings (SSSR count). The third kappa shape index (κ3) is 6.08. The molecule has 2 atom stereocenters. The van der Waals surface area contributed by atoms with Crippen LogP contribution in [0.15, 0.2) is 0 Å². The first-order chi connectivity index (χ1) is 9.72. The SMILES string of the molecule is CCC(CC)N(CCOC)C(C)CNCC1CCCO1. The minimum Gasteiger partial charge on any atom is -0.383 e. The lowest BCUT2D eigenvalue weighted by molar-refractivity contribution is 0.0794. The molecule has 0 aliphatic carbocycles. The van der Waals surface area contributed by atoms with Gasteiger partial charge in [0, 0.05) is 45.4 Å². The zero-order valence-corrected chi connectivity index (χ0v) is 13.9. The molecule has 120 valence electrons. The summed E-state index contributed by atoms with van der Waals surface area (Å²) in [6, 6.07) is 1.20. The van der Waals surface area contributed by atoms with Gasteiger partial charge in [-0.2, -0.15) is 0 Å². The van der Waals surface area contributed by atoms with Crippen LogP contribution in [-0.2, 0) is 9.47 Å². The first-order valence-electron chi connectivity index (χ1n) is 8.29. The number of nitrogens with zero attached hydrogens (tertiary/aromatic N) is 1. The van der Waals surface area contributed by atoms with Crippen molar-refractivity contribution in [3.05, 3.63) is 0 Å². The Morgan fingerprint density at radius 3 is 2.65 bits per heavy atom. The second-order valence-corrected chi connectivity index (χ2v) is 5.84. The van der Waals surface area contributed by atoms with Gasteiger partial charge in [0.15, 0.2) is 0 Å². The van der Waals surface area contributed by atoms with E-state index < -0.39 is 0 Å². The quantitative estimate of drug-likeness (QED) is 0.632. The average molecular weight is 286 g/mol. The van der Waals surface area contributed by atoms with Crippen LogP contribution in [0, 0.1) is 0 Å². The van der Waals surface area contributed by atoms with E-state index in [1.165, 1.54) is 25.7 Å². The molecule has 0 saturated carbocycles. The second-order valence-electron chi connectivity index (χ2n) is 5.84. The van der Waals surface area contributed by atoms with Crippen LogP contribution in [0.4, 0.5) is 0 Å². The fraction of sp³-hybridized carbons (Fsp3) is 1.00. The Morgan fingerprint density at radius 2 is 2.10 bits per heavy atom. The summed E-state index contributed by atoms with van der Waals surface area (Å²) >= 11 is 0. The van der Waals surface area contributed by atoms with Crippen molar-refractivity contribution in [3.63, 3.8) is 0 Å². The number of nitrogens with one attached hydrogen (secondary N) is 1. The molecular weight excluding hydrogens is 252 g/mol. The van der Waals surface area contributed by atoms with Gasteiger partial charge < -0.3 is 14.8 Å². The maximum absolute atomic E-state index is 5.65. The van der Waals surface area contributed by atoms with Gasteiger partial charge in [-0.05, 0) is 32.6 Å². The summed E-state index contributed by atoms with van der Waals surface area (Å²) in [6.07, 6.45) is 5.27. The van der Waals surface area contributed by atoms with Gasteiger partial charge in [0.25, 0.3) is 0 Å². The second kappa shape index (κ2) is 10.6. The van der Waals surface area contributed by atoms with Crippen LogP contribution in [0.5, 0.6) is 0 Å². The molecule has 0 spiro atoms. The molecule has 2 unspecified atom stereocenters. The highest BCUT2D eigenvalue weighted by Crippen LogP contribution is 2.13. The van der Waals surface area contributed by atoms with Crippen molar-refractivity contribution in [2.24, 2.45) is 0 Å². The summed E-state index contributed by atoms with van der Waals surface area (Å²) in [5.41, 5.74) is 0. The molecule has 1 aliphatic rings. The molecule has 1 aliphatic heterocycles. The van der Waals surface area contributed by atoms with Gasteiger partial charge in [-0.25, -0.2) is 0 Å². The number of rotatable bonds is 11. The average Bonchev–Trinajstić information content (AvgIpc) is 2.96. The summed E-state index contributed by atoms with van der Waals surface area (Å²) < 4.78 is 10.9. The third-order valence-electron chi connectivity index (χ3n) is 4.37. The standard InChI is InChI=1S/C16H34N2O2/c1-5-15(6-2)18(9-11-19-4)14(3)12-17-13-16-8-7-10-20-16/h14-17H,5-13H2,1-4H3. The summed E-state index contributed by atoms with van der Waals surface area (Å²) in [4.78, 5) is 2.59. The van der Waals surface area contributed by atoms with E-state index >= 15 is 0 Å². The molecule has 1 N–H and O–H groups in total. The van der Waals surface area contributed by atoms with E-state index in [-0.39, 0.29) is 0 Å². The van der Waals surface area contributed by atoms with Gasteiger partial charge in [-0.1, -0.05) is 13.8 Å². The molecule has 0 radical (unpaired) electrons. The lowest BCUT2D eigenvalue weighted by Gasteiger charge is -2.36. The molecule has 0 aromatic heterocycles. The van der Waals surface area contributed by atoms with Crippen LogP contribution in [0.3, 0.4) is 0 Å². The molecule has 1 heterocycles. The normalized spacial score (nSPS) is 21.0. The van der Waals surface area contributed by atoms with E-state index in [0.29, 0.717) is 18.2 Å². The molecule has 0 amide bonds. The van der Waals surface area contributed by atoms with Gasteiger partial charge in [-0.3, -0.25) is 4.90 Å². The van der Waals surface area contributed by atoms with E-state index in [2.05, 4.69) is 31.0 Å². The predicted octanol–water partition coefficient (Wildman–Crippen LogP) is 2.28. The smallest absolute Gasteiger partial charge is 0.0700 e. The fourth-order valence-electron chi connectivity index (χ4n) is 3.09. The van der Waals surface area contributed by atoms with Crippen molar-refractivity contribution in [2.75, 3.05) is 40.0 Å². The number of ether oxygens (including phenoxy) is 2. The largest absolute Gasteiger partial charge is 0.383 e. The molecule has 1 fully saturated rings. The maximum Gasteiger partial charge on any atom is 0.0700 e. The monoisotopic (exact) mass is 286 g/mol. The van der Waals surface area contributed by atoms with E-state index in [4.69, 9.17) is 9.47 Å². The molecule has 4 nitrogen and oxygen atoms in total. The summed E-state index contributed by atoms with van der Waals surface area (Å²) in [5.74, 6) is 0. The van der Waals surface area contributed by atoms with Crippen LogP contribution in [0.2, 0.25) is 0 Å². The highest BCUT2D eigenvalue weighted by atomic mass is 16.5. The molecule has 1 saturated heterocycles. The van der Waals surface area contributed by atoms with Crippen molar-refractivity contribution in [1.82, 2.24) is 10.2 Å². The minimum atomic E-state index is 0.433. The van der Waals surface area contributed by atoms with Crippen LogP contribution >= 0.6 is 0 Å². The van der Waals surface area contributed by atoms with Gasteiger partial charge in [-0.15, -0.1) is 0 Å². The van der Waals surface area contributed by atoms with Crippen LogP contribution < -0.4 is 5.32 Å². The van der Waals surface area contributed by atoms with Crippen LogP contribution in [0.1, 0.15) is 46.5 Å². The van der Waals surface area contributed by atoms with E-state index in [1.807, 2.05) is 0 Å². The predicted molar refractivity (Wildman–Crippen MR) is 84.3 cm³/mol. The Hall–Kier alpha value is -0.160. The molecule has 0 aromatic rings. The Kier molecular flexibility index (Phi) is 9.44. The zero-order valence-electron chi connectivity index (χ0n) is 13.9. The van der Waals surface area contributed by atoms with Gasteiger partial charge in [0.1, 0.15) is 0 Å². The van der Waals surface area contributed by atoms with E-state index in [0.717, 1.165) is 32.8 Å². The summed E-state index contributed by atoms with van der Waals surface area (Å²) in [5, 5.41) is 3.58. The fourth-order valence-corrected chi connectivity index (χ4v) is 3.09. The molecule has 0 aromatic carbocycles. The Balaban J connectivity index is 2.34. The Morgan fingerprint density at radius 1 is 1.35 bits per heavy atom. The van der Waals surface area contributed by atoms with Crippen molar-refractivity contribution < 1.29 is 9.47 Å². The number of methoxy groups -OCH3 is 1. The summed E-state index contributed by atoms with van der Waals surface area (Å²) in [7, 11) is 1.78. The third-order valence-corrected chi connectivity index (χ3v) is 4.37. The first kappa shape index (κ1) is 17.9. The topological polar surface area (TPSA) is 33.7 Å². The zero-order chi connectivity index (χ0) is 14.8. The van der Waals surface area contributed by atoms with Gasteiger partial charge in [0.05, 0.1) is 12.7 Å². The van der Waals surface area contributed by atoms with Crippen LogP contribution in [0.25, 0.3) is 0 Å². The van der Waals surface area contributed by atoms with Gasteiger partial charge in [0.2, 0.25) is 0 Å². The maximum atomic E-state index is 5.65. The lowest BCUT2D eigenvalue weighted by Crippen LogP contribution is -2.48. The molecular formula is C16H34N2O2. The highest BCUT2D eigenvalue weighted by Gasteiger charge is 2.21. The molecule has 4 heteroatoms. The Labute approximate surface area is 125 Å². The number of hydrogen-bond donors (Lipinski definition) is 1. The van der Waals surface area contributed by atoms with Crippen molar-refractivity contribution in [1.29, 1.82) is 0 Å².